The Kier molecular flexibility index (Phi) is 5.03. The fraction of sp³-hybridized carbons (Fsp3) is 0.188. The smallest absolute Gasteiger partial charge is 0.225 e. The van der Waals surface area contributed by atoms with E-state index in [0.29, 0.717) is 21.7 Å². The van der Waals surface area contributed by atoms with E-state index in [0.717, 1.165) is 17.3 Å². The van der Waals surface area contributed by atoms with Crippen LogP contribution in [0.3, 0.4) is 0 Å². The molecule has 0 radical (unpaired) electrons. The number of sulfone groups is 1. The monoisotopic (exact) mass is 395 g/mol. The lowest BCUT2D eigenvalue weighted by Crippen LogP contribution is -2.18. The molecule has 1 heterocycles. The molecule has 3 rings (SSSR count). The predicted octanol–water partition coefficient (Wildman–Crippen LogP) is 3.46. The number of hydrogen-bond acceptors (Lipinski definition) is 6. The summed E-state index contributed by atoms with van der Waals surface area (Å²) in [6.07, 6.45) is -0.164. The average molecular weight is 396 g/mol. The normalized spacial score (nSPS) is 11.6. The summed E-state index contributed by atoms with van der Waals surface area (Å²) in [5, 5.41) is 3.19. The third-order valence-corrected chi connectivity index (χ3v) is 6.17. The van der Waals surface area contributed by atoms with Gasteiger partial charge in [0.1, 0.15) is 11.0 Å². The van der Waals surface area contributed by atoms with Crippen molar-refractivity contribution in [2.75, 3.05) is 11.1 Å². The molecule has 0 aliphatic carbocycles. The van der Waals surface area contributed by atoms with Gasteiger partial charge < -0.3 is 5.32 Å². The van der Waals surface area contributed by atoms with E-state index in [4.69, 9.17) is 11.6 Å². The van der Waals surface area contributed by atoms with E-state index < -0.39 is 15.7 Å². The molecule has 3 aromatic rings. The van der Waals surface area contributed by atoms with Crippen molar-refractivity contribution >= 4 is 55.8 Å². The Morgan fingerprint density at radius 3 is 2.84 bits per heavy atom. The first-order valence-corrected chi connectivity index (χ1v) is 10.1. The Morgan fingerprint density at radius 1 is 1.24 bits per heavy atom. The molecule has 0 spiro atoms. The van der Waals surface area contributed by atoms with Crippen LogP contribution in [0.1, 0.15) is 12.0 Å². The van der Waals surface area contributed by atoms with Crippen LogP contribution in [-0.4, -0.2) is 28.8 Å². The molecule has 0 atom stereocenters. The molecule has 0 saturated heterocycles. The number of rotatable bonds is 5. The maximum atomic E-state index is 12.6. The van der Waals surface area contributed by atoms with Crippen LogP contribution in [-0.2, 0) is 14.6 Å². The van der Waals surface area contributed by atoms with Crippen molar-refractivity contribution in [3.8, 4) is 0 Å². The van der Waals surface area contributed by atoms with Gasteiger partial charge in [-0.25, -0.2) is 8.42 Å². The van der Waals surface area contributed by atoms with Gasteiger partial charge in [0.05, 0.1) is 22.4 Å². The number of amides is 1. The van der Waals surface area contributed by atoms with Crippen molar-refractivity contribution < 1.29 is 13.2 Å². The number of benzene rings is 2. The van der Waals surface area contributed by atoms with E-state index in [2.05, 4.69) is 14.1 Å². The third-order valence-electron chi connectivity index (χ3n) is 3.66. The van der Waals surface area contributed by atoms with E-state index in [1.807, 2.05) is 6.92 Å². The first-order chi connectivity index (χ1) is 11.9. The fourth-order valence-corrected chi connectivity index (χ4v) is 4.50. The van der Waals surface area contributed by atoms with Gasteiger partial charge in [0, 0.05) is 17.1 Å². The van der Waals surface area contributed by atoms with Crippen LogP contribution < -0.4 is 5.32 Å². The Bertz CT molecular complexity index is 1050. The molecule has 6 nitrogen and oxygen atoms in total. The minimum Gasteiger partial charge on any atom is -0.326 e. The number of nitrogens with one attached hydrogen (secondary N) is 1. The van der Waals surface area contributed by atoms with Crippen molar-refractivity contribution in [2.45, 2.75) is 18.2 Å². The standard InChI is InChI=1S/C16H14ClN3O3S2/c1-10-5-6-11(17)9-13(10)18-15(21)7-8-25(22,23)14-4-2-3-12-16(14)20-24-19-12/h2-6,9H,7-8H2,1H3,(H,18,21). The highest BCUT2D eigenvalue weighted by Crippen LogP contribution is 2.23. The number of fused-ring (bicyclic) bond motifs is 1. The number of hydrogen-bond donors (Lipinski definition) is 1. The number of aromatic nitrogens is 2. The van der Waals surface area contributed by atoms with Gasteiger partial charge in [-0.2, -0.15) is 8.75 Å². The second-order valence-corrected chi connectivity index (χ2v) is 8.51. The first kappa shape index (κ1) is 17.8. The van der Waals surface area contributed by atoms with Gasteiger partial charge in [0.15, 0.2) is 9.84 Å². The molecule has 0 aliphatic rings. The summed E-state index contributed by atoms with van der Waals surface area (Å²) in [6, 6.07) is 9.94. The van der Waals surface area contributed by atoms with Crippen molar-refractivity contribution in [1.82, 2.24) is 8.75 Å². The average Bonchev–Trinajstić information content (AvgIpc) is 3.05. The lowest BCUT2D eigenvalue weighted by Gasteiger charge is -2.09. The minimum absolute atomic E-state index is 0.102. The number of carbonyl (C=O) groups excluding carboxylic acids is 1. The molecule has 1 aromatic heterocycles. The third kappa shape index (κ3) is 3.97. The van der Waals surface area contributed by atoms with Gasteiger partial charge in [-0.1, -0.05) is 23.7 Å². The number of carbonyl (C=O) groups is 1. The highest BCUT2D eigenvalue weighted by molar-refractivity contribution is 7.91. The lowest BCUT2D eigenvalue weighted by atomic mass is 10.2. The van der Waals surface area contributed by atoms with Crippen LogP contribution in [0.15, 0.2) is 41.3 Å². The highest BCUT2D eigenvalue weighted by Gasteiger charge is 2.21. The van der Waals surface area contributed by atoms with Gasteiger partial charge in [-0.15, -0.1) is 0 Å². The molecule has 9 heteroatoms. The highest BCUT2D eigenvalue weighted by atomic mass is 35.5. The molecular formula is C16H14ClN3O3S2. The molecule has 130 valence electrons. The first-order valence-electron chi connectivity index (χ1n) is 7.37. The van der Waals surface area contributed by atoms with E-state index in [1.165, 1.54) is 6.07 Å². The van der Waals surface area contributed by atoms with Crippen LogP contribution >= 0.6 is 23.3 Å². The zero-order valence-electron chi connectivity index (χ0n) is 13.2. The van der Waals surface area contributed by atoms with E-state index in [-0.39, 0.29) is 17.1 Å². The van der Waals surface area contributed by atoms with E-state index in [9.17, 15) is 13.2 Å². The molecule has 25 heavy (non-hydrogen) atoms. The summed E-state index contributed by atoms with van der Waals surface area (Å²) in [5.74, 6) is -0.702. The van der Waals surface area contributed by atoms with Crippen LogP contribution in [0.5, 0.6) is 0 Å². The van der Waals surface area contributed by atoms with Crippen molar-refractivity contribution in [3.63, 3.8) is 0 Å². The second kappa shape index (κ2) is 7.07. The largest absolute Gasteiger partial charge is 0.326 e. The maximum absolute atomic E-state index is 12.6. The number of aryl methyl sites for hydroxylation is 1. The lowest BCUT2D eigenvalue weighted by molar-refractivity contribution is -0.115. The maximum Gasteiger partial charge on any atom is 0.225 e. The van der Waals surface area contributed by atoms with Crippen molar-refractivity contribution in [2.24, 2.45) is 0 Å². The zero-order valence-corrected chi connectivity index (χ0v) is 15.6. The van der Waals surface area contributed by atoms with Gasteiger partial charge >= 0.3 is 0 Å². The topological polar surface area (TPSA) is 89.0 Å². The summed E-state index contributed by atoms with van der Waals surface area (Å²) in [5.41, 5.74) is 2.29. The van der Waals surface area contributed by atoms with Gasteiger partial charge in [-0.05, 0) is 36.8 Å². The Labute approximate surface area is 154 Å². The van der Waals surface area contributed by atoms with E-state index in [1.54, 1.807) is 30.3 Å². The molecule has 0 aliphatic heterocycles. The zero-order chi connectivity index (χ0) is 18.0. The number of anilines is 1. The molecular weight excluding hydrogens is 382 g/mol. The predicted molar refractivity (Wildman–Crippen MR) is 98.9 cm³/mol. The van der Waals surface area contributed by atoms with Crippen LogP contribution in [0.2, 0.25) is 5.02 Å². The minimum atomic E-state index is -3.65. The van der Waals surface area contributed by atoms with Gasteiger partial charge in [0.25, 0.3) is 0 Å². The quantitative estimate of drug-likeness (QED) is 0.714. The number of halogens is 1. The molecule has 0 unspecified atom stereocenters. The summed E-state index contributed by atoms with van der Waals surface area (Å²) in [4.78, 5) is 12.2. The van der Waals surface area contributed by atoms with Crippen LogP contribution in [0.4, 0.5) is 5.69 Å². The summed E-state index contributed by atoms with van der Waals surface area (Å²) in [6.45, 7) is 1.83. The Hall–Kier alpha value is -2.03. The molecule has 1 N–H and O–H groups in total. The molecule has 1 amide bonds. The van der Waals surface area contributed by atoms with Crippen LogP contribution in [0, 0.1) is 6.92 Å². The van der Waals surface area contributed by atoms with E-state index >= 15 is 0 Å². The van der Waals surface area contributed by atoms with Gasteiger partial charge in [-0.3, -0.25) is 4.79 Å². The molecule has 0 saturated carbocycles. The summed E-state index contributed by atoms with van der Waals surface area (Å²) < 4.78 is 33.2. The molecule has 0 fully saturated rings. The fourth-order valence-electron chi connectivity index (χ4n) is 2.31. The number of nitrogens with zero attached hydrogens (tertiary/aromatic N) is 2. The summed E-state index contributed by atoms with van der Waals surface area (Å²) >= 11 is 6.87. The Balaban J connectivity index is 1.73. The van der Waals surface area contributed by atoms with Crippen molar-refractivity contribution in [3.05, 3.63) is 47.0 Å². The van der Waals surface area contributed by atoms with Crippen LogP contribution in [0.25, 0.3) is 11.0 Å². The summed E-state index contributed by atoms with van der Waals surface area (Å²) in [7, 11) is -3.65. The Morgan fingerprint density at radius 2 is 2.04 bits per heavy atom. The molecule has 2 aromatic carbocycles. The molecule has 0 bridgehead atoms. The van der Waals surface area contributed by atoms with Gasteiger partial charge in [0.2, 0.25) is 5.91 Å². The second-order valence-electron chi connectivity index (χ2n) is 5.46. The SMILES string of the molecule is Cc1ccc(Cl)cc1NC(=O)CCS(=O)(=O)c1cccc2nsnc12. The van der Waals surface area contributed by atoms with Crippen molar-refractivity contribution in [1.29, 1.82) is 0 Å².